The zero-order chi connectivity index (χ0) is 17.8. The van der Waals surface area contributed by atoms with E-state index in [2.05, 4.69) is 11.9 Å². The monoisotopic (exact) mass is 354 g/mol. The Morgan fingerprint density at radius 2 is 1.92 bits per heavy atom. The van der Waals surface area contributed by atoms with Crippen LogP contribution in [-0.4, -0.2) is 18.5 Å². The molecule has 1 N–H and O–H groups in total. The molecular formula is C19H15ClN2O3. The fraction of sp³-hybridized carbons (Fsp3) is 0.0526. The van der Waals surface area contributed by atoms with Gasteiger partial charge in [-0.05, 0) is 42.0 Å². The minimum atomic E-state index is -0.510. The van der Waals surface area contributed by atoms with Crippen molar-refractivity contribution in [3.63, 3.8) is 0 Å². The van der Waals surface area contributed by atoms with Crippen LogP contribution in [0.1, 0.15) is 5.56 Å². The Labute approximate surface area is 150 Å². The average molecular weight is 355 g/mol. The van der Waals surface area contributed by atoms with Gasteiger partial charge in [-0.25, -0.2) is 9.69 Å². The predicted molar refractivity (Wildman–Crippen MR) is 97.6 cm³/mol. The van der Waals surface area contributed by atoms with Crippen molar-refractivity contribution in [3.05, 3.63) is 77.5 Å². The number of halogens is 1. The van der Waals surface area contributed by atoms with Crippen molar-refractivity contribution in [2.24, 2.45) is 0 Å². The smallest absolute Gasteiger partial charge is 0.333 e. The van der Waals surface area contributed by atoms with E-state index in [1.807, 2.05) is 0 Å². The summed E-state index contributed by atoms with van der Waals surface area (Å²) in [6.07, 6.45) is 3.27. The molecule has 1 aliphatic rings. The second kappa shape index (κ2) is 7.23. The molecule has 0 bridgehead atoms. The molecule has 0 saturated carbocycles. The molecule has 1 aliphatic heterocycles. The molecule has 2 aromatic carbocycles. The molecule has 0 aliphatic carbocycles. The van der Waals surface area contributed by atoms with E-state index in [9.17, 15) is 9.59 Å². The third kappa shape index (κ3) is 3.72. The van der Waals surface area contributed by atoms with Crippen molar-refractivity contribution in [1.29, 1.82) is 0 Å². The first-order valence-corrected chi connectivity index (χ1v) is 7.93. The van der Waals surface area contributed by atoms with Gasteiger partial charge in [0, 0.05) is 5.02 Å². The molecule has 3 amide bonds. The second-order valence-electron chi connectivity index (χ2n) is 5.28. The molecule has 3 rings (SSSR count). The summed E-state index contributed by atoms with van der Waals surface area (Å²) in [5.74, 6) is 0.267. The zero-order valence-electron chi connectivity index (χ0n) is 13.2. The summed E-state index contributed by atoms with van der Waals surface area (Å²) < 4.78 is 5.41. The summed E-state index contributed by atoms with van der Waals surface area (Å²) in [5, 5.41) is 3.03. The first kappa shape index (κ1) is 16.8. The summed E-state index contributed by atoms with van der Waals surface area (Å²) in [7, 11) is 0. The van der Waals surface area contributed by atoms with Gasteiger partial charge in [-0.15, -0.1) is 0 Å². The summed E-state index contributed by atoms with van der Waals surface area (Å²) >= 11 is 5.93. The van der Waals surface area contributed by atoms with Crippen LogP contribution in [-0.2, 0) is 4.79 Å². The van der Waals surface area contributed by atoms with Crippen molar-refractivity contribution < 1.29 is 14.3 Å². The molecule has 0 radical (unpaired) electrons. The molecular weight excluding hydrogens is 340 g/mol. The van der Waals surface area contributed by atoms with Gasteiger partial charge in [0.1, 0.15) is 18.1 Å². The normalized spacial score (nSPS) is 15.4. The number of urea groups is 1. The lowest BCUT2D eigenvalue weighted by molar-refractivity contribution is -0.113. The van der Waals surface area contributed by atoms with Crippen molar-refractivity contribution in [3.8, 4) is 5.75 Å². The number of carbonyl (C=O) groups excluding carboxylic acids is 2. The lowest BCUT2D eigenvalue weighted by atomic mass is 10.2. The van der Waals surface area contributed by atoms with E-state index in [0.717, 1.165) is 10.5 Å². The first-order chi connectivity index (χ1) is 12.1. The molecule has 25 heavy (non-hydrogen) atoms. The molecule has 0 spiro atoms. The Balaban J connectivity index is 1.81. The summed E-state index contributed by atoms with van der Waals surface area (Å²) in [6, 6.07) is 13.2. The van der Waals surface area contributed by atoms with Crippen LogP contribution in [0.3, 0.4) is 0 Å². The van der Waals surface area contributed by atoms with Gasteiger partial charge in [-0.2, -0.15) is 0 Å². The zero-order valence-corrected chi connectivity index (χ0v) is 14.0. The van der Waals surface area contributed by atoms with E-state index < -0.39 is 11.9 Å². The Kier molecular flexibility index (Phi) is 4.86. The van der Waals surface area contributed by atoms with Gasteiger partial charge in [0.05, 0.1) is 5.69 Å². The van der Waals surface area contributed by atoms with Gasteiger partial charge < -0.3 is 10.1 Å². The van der Waals surface area contributed by atoms with Crippen LogP contribution in [0.25, 0.3) is 6.08 Å². The standard InChI is InChI=1S/C19H15ClN2O3/c1-2-10-25-16-8-6-13(7-9-16)11-17-18(23)22(19(24)21-17)15-5-3-4-14(20)12-15/h2-9,11-12H,1,10H2,(H,21,24)/b17-11+. The van der Waals surface area contributed by atoms with Gasteiger partial charge in [0.25, 0.3) is 5.91 Å². The molecule has 2 aromatic rings. The SMILES string of the molecule is C=CCOc1ccc(/C=C2/NC(=O)N(c3cccc(Cl)c3)C2=O)cc1. The Morgan fingerprint density at radius 3 is 2.60 bits per heavy atom. The number of imide groups is 1. The van der Waals surface area contributed by atoms with Crippen molar-refractivity contribution in [2.45, 2.75) is 0 Å². The highest BCUT2D eigenvalue weighted by Crippen LogP contribution is 2.25. The maximum Gasteiger partial charge on any atom is 0.333 e. The van der Waals surface area contributed by atoms with Crippen LogP contribution in [0.5, 0.6) is 5.75 Å². The number of carbonyl (C=O) groups is 2. The van der Waals surface area contributed by atoms with Crippen LogP contribution < -0.4 is 15.0 Å². The minimum Gasteiger partial charge on any atom is -0.490 e. The largest absolute Gasteiger partial charge is 0.490 e. The topological polar surface area (TPSA) is 58.6 Å². The molecule has 1 fully saturated rings. The van der Waals surface area contributed by atoms with Crippen LogP contribution in [0.15, 0.2) is 66.9 Å². The number of ether oxygens (including phenoxy) is 1. The second-order valence-corrected chi connectivity index (χ2v) is 5.71. The van der Waals surface area contributed by atoms with E-state index in [4.69, 9.17) is 16.3 Å². The van der Waals surface area contributed by atoms with Crippen molar-refractivity contribution in [2.75, 3.05) is 11.5 Å². The average Bonchev–Trinajstić information content (AvgIpc) is 2.88. The highest BCUT2D eigenvalue weighted by Gasteiger charge is 2.34. The minimum absolute atomic E-state index is 0.199. The number of nitrogens with zero attached hydrogens (tertiary/aromatic N) is 1. The number of benzene rings is 2. The van der Waals surface area contributed by atoms with Gasteiger partial charge in [-0.1, -0.05) is 42.5 Å². The number of anilines is 1. The Morgan fingerprint density at radius 1 is 1.16 bits per heavy atom. The lowest BCUT2D eigenvalue weighted by Gasteiger charge is -2.11. The number of rotatable bonds is 5. The highest BCUT2D eigenvalue weighted by molar-refractivity contribution is 6.32. The lowest BCUT2D eigenvalue weighted by Crippen LogP contribution is -2.30. The number of nitrogens with one attached hydrogen (secondary N) is 1. The van der Waals surface area contributed by atoms with Crippen molar-refractivity contribution in [1.82, 2.24) is 5.32 Å². The fourth-order valence-electron chi connectivity index (χ4n) is 2.37. The van der Waals surface area contributed by atoms with Crippen LogP contribution in [0.4, 0.5) is 10.5 Å². The molecule has 1 heterocycles. The molecule has 0 unspecified atom stereocenters. The first-order valence-electron chi connectivity index (χ1n) is 7.55. The van der Waals surface area contributed by atoms with E-state index in [1.54, 1.807) is 60.7 Å². The molecule has 0 atom stereocenters. The quantitative estimate of drug-likeness (QED) is 0.501. The molecule has 0 aromatic heterocycles. The van der Waals surface area contributed by atoms with Gasteiger partial charge in [-0.3, -0.25) is 4.79 Å². The highest BCUT2D eigenvalue weighted by atomic mass is 35.5. The van der Waals surface area contributed by atoms with Crippen LogP contribution in [0, 0.1) is 0 Å². The van der Waals surface area contributed by atoms with E-state index in [1.165, 1.54) is 0 Å². The van der Waals surface area contributed by atoms with Crippen molar-refractivity contribution >= 4 is 35.3 Å². The Hall–Kier alpha value is -3.05. The van der Waals surface area contributed by atoms with E-state index >= 15 is 0 Å². The van der Waals surface area contributed by atoms with E-state index in [-0.39, 0.29) is 5.70 Å². The predicted octanol–water partition coefficient (Wildman–Crippen LogP) is 4.00. The summed E-state index contributed by atoms with van der Waals surface area (Å²) in [4.78, 5) is 25.7. The summed E-state index contributed by atoms with van der Waals surface area (Å²) in [5.41, 5.74) is 1.39. The van der Waals surface area contributed by atoms with Gasteiger partial charge >= 0.3 is 6.03 Å². The molecule has 5 nitrogen and oxygen atoms in total. The third-order valence-corrected chi connectivity index (χ3v) is 3.74. The Bertz CT molecular complexity index is 859. The van der Waals surface area contributed by atoms with E-state index in [0.29, 0.717) is 23.1 Å². The third-order valence-electron chi connectivity index (χ3n) is 3.50. The number of amides is 3. The molecule has 6 heteroatoms. The maximum absolute atomic E-state index is 12.5. The molecule has 1 saturated heterocycles. The van der Waals surface area contributed by atoms with Gasteiger partial charge in [0.15, 0.2) is 0 Å². The van der Waals surface area contributed by atoms with Crippen LogP contribution in [0.2, 0.25) is 5.02 Å². The van der Waals surface area contributed by atoms with Crippen LogP contribution >= 0.6 is 11.6 Å². The maximum atomic E-state index is 12.5. The van der Waals surface area contributed by atoms with Gasteiger partial charge in [0.2, 0.25) is 0 Å². The summed E-state index contributed by atoms with van der Waals surface area (Å²) in [6.45, 7) is 4.01. The number of hydrogen-bond acceptors (Lipinski definition) is 3. The molecule has 126 valence electrons. The number of hydrogen-bond donors (Lipinski definition) is 1. The fourth-order valence-corrected chi connectivity index (χ4v) is 2.55.